The Morgan fingerprint density at radius 3 is 2.32 bits per heavy atom. The van der Waals surface area contributed by atoms with E-state index in [0.29, 0.717) is 22.9 Å². The van der Waals surface area contributed by atoms with Crippen LogP contribution in [0.4, 0.5) is 11.4 Å². The molecule has 0 aliphatic carbocycles. The van der Waals surface area contributed by atoms with Crippen molar-refractivity contribution in [2.45, 2.75) is 26.9 Å². The first-order chi connectivity index (χ1) is 11.9. The van der Waals surface area contributed by atoms with Crippen LogP contribution in [0.5, 0.6) is 11.5 Å². The topological polar surface area (TPSA) is 76.7 Å². The number of aryl methyl sites for hydroxylation is 1. The Bertz CT molecular complexity index is 757. The summed E-state index contributed by atoms with van der Waals surface area (Å²) in [4.78, 5) is 23.4. The normalized spacial score (nSPS) is 11.4. The molecule has 2 aromatic carbocycles. The molecule has 1 atom stereocenters. The van der Waals surface area contributed by atoms with Crippen molar-refractivity contribution in [1.29, 1.82) is 0 Å². The monoisotopic (exact) mass is 342 g/mol. The van der Waals surface area contributed by atoms with Gasteiger partial charge in [-0.1, -0.05) is 6.07 Å². The lowest BCUT2D eigenvalue weighted by atomic mass is 10.2. The first kappa shape index (κ1) is 18.3. The zero-order chi connectivity index (χ0) is 18.4. The summed E-state index contributed by atoms with van der Waals surface area (Å²) in [6, 6.07) is 12.4. The predicted octanol–water partition coefficient (Wildman–Crippen LogP) is 3.37. The van der Waals surface area contributed by atoms with Crippen LogP contribution in [0.15, 0.2) is 42.5 Å². The van der Waals surface area contributed by atoms with E-state index >= 15 is 0 Å². The molecule has 6 nitrogen and oxygen atoms in total. The van der Waals surface area contributed by atoms with Crippen molar-refractivity contribution in [1.82, 2.24) is 0 Å². The molecular weight excluding hydrogens is 320 g/mol. The second kappa shape index (κ2) is 8.19. The fraction of sp³-hybridized carbons (Fsp3) is 0.263. The van der Waals surface area contributed by atoms with E-state index in [4.69, 9.17) is 9.47 Å². The number of carbonyl (C=O) groups excluding carboxylic acids is 2. The number of hydrogen-bond donors (Lipinski definition) is 2. The van der Waals surface area contributed by atoms with E-state index in [9.17, 15) is 9.59 Å². The third-order valence-corrected chi connectivity index (χ3v) is 3.47. The molecular formula is C19H22N2O4. The summed E-state index contributed by atoms with van der Waals surface area (Å²) in [5.74, 6) is 0.696. The number of hydrogen-bond acceptors (Lipinski definition) is 4. The first-order valence-corrected chi connectivity index (χ1v) is 7.89. The van der Waals surface area contributed by atoms with Gasteiger partial charge in [0.2, 0.25) is 5.91 Å². The van der Waals surface area contributed by atoms with Gasteiger partial charge in [0.15, 0.2) is 6.10 Å². The summed E-state index contributed by atoms with van der Waals surface area (Å²) in [7, 11) is 1.55. The summed E-state index contributed by atoms with van der Waals surface area (Å²) in [6.45, 7) is 5.04. The number of anilines is 2. The van der Waals surface area contributed by atoms with E-state index in [1.54, 1.807) is 44.4 Å². The highest BCUT2D eigenvalue weighted by molar-refractivity contribution is 5.95. The van der Waals surface area contributed by atoms with Crippen molar-refractivity contribution in [2.24, 2.45) is 0 Å². The highest BCUT2D eigenvalue weighted by Crippen LogP contribution is 2.25. The smallest absolute Gasteiger partial charge is 0.265 e. The second-order valence-electron chi connectivity index (χ2n) is 5.66. The van der Waals surface area contributed by atoms with Crippen molar-refractivity contribution < 1.29 is 19.1 Å². The molecule has 0 unspecified atom stereocenters. The van der Waals surface area contributed by atoms with E-state index in [0.717, 1.165) is 5.56 Å². The van der Waals surface area contributed by atoms with Crippen molar-refractivity contribution in [3.63, 3.8) is 0 Å². The van der Waals surface area contributed by atoms with Gasteiger partial charge in [-0.3, -0.25) is 9.59 Å². The van der Waals surface area contributed by atoms with Crippen molar-refractivity contribution >= 4 is 23.2 Å². The molecule has 0 saturated carbocycles. The van der Waals surface area contributed by atoms with Crippen LogP contribution in [0.2, 0.25) is 0 Å². The second-order valence-corrected chi connectivity index (χ2v) is 5.66. The lowest BCUT2D eigenvalue weighted by molar-refractivity contribution is -0.122. The van der Waals surface area contributed by atoms with Crippen LogP contribution in [0, 0.1) is 6.92 Å². The summed E-state index contributed by atoms with van der Waals surface area (Å²) in [6.07, 6.45) is -0.697. The van der Waals surface area contributed by atoms with Crippen LogP contribution in [0.3, 0.4) is 0 Å². The number of rotatable bonds is 6. The standard InChI is InChI=1S/C19H22N2O4/c1-12-5-10-18(24-4)17(11-12)21-19(23)13(2)25-16-8-6-15(7-9-16)20-14(3)22/h5-11,13H,1-4H3,(H,20,22)(H,21,23)/t13-/m0/s1. The van der Waals surface area contributed by atoms with Gasteiger partial charge in [0.05, 0.1) is 12.8 Å². The molecule has 0 aliphatic rings. The van der Waals surface area contributed by atoms with Crippen molar-refractivity contribution in [2.75, 3.05) is 17.7 Å². The number of methoxy groups -OCH3 is 1. The van der Waals surface area contributed by atoms with E-state index < -0.39 is 6.10 Å². The van der Waals surface area contributed by atoms with E-state index in [1.165, 1.54) is 6.92 Å². The van der Waals surface area contributed by atoms with E-state index in [2.05, 4.69) is 10.6 Å². The van der Waals surface area contributed by atoms with Gasteiger partial charge in [-0.25, -0.2) is 0 Å². The molecule has 0 saturated heterocycles. The molecule has 0 aromatic heterocycles. The Kier molecular flexibility index (Phi) is 6.00. The number of carbonyl (C=O) groups is 2. The molecule has 6 heteroatoms. The molecule has 0 fully saturated rings. The number of benzene rings is 2. The Labute approximate surface area is 147 Å². The van der Waals surface area contributed by atoms with Gasteiger partial charge in [0.25, 0.3) is 5.91 Å². The molecule has 0 heterocycles. The van der Waals surface area contributed by atoms with Crippen LogP contribution in [0.1, 0.15) is 19.4 Å². The van der Waals surface area contributed by atoms with Crippen LogP contribution < -0.4 is 20.1 Å². The van der Waals surface area contributed by atoms with Crippen molar-refractivity contribution in [3.05, 3.63) is 48.0 Å². The largest absolute Gasteiger partial charge is 0.495 e. The maximum absolute atomic E-state index is 12.4. The zero-order valence-electron chi connectivity index (χ0n) is 14.8. The third-order valence-electron chi connectivity index (χ3n) is 3.47. The molecule has 2 amide bonds. The van der Waals surface area contributed by atoms with Gasteiger partial charge >= 0.3 is 0 Å². The van der Waals surface area contributed by atoms with Gasteiger partial charge < -0.3 is 20.1 Å². The number of nitrogens with one attached hydrogen (secondary N) is 2. The van der Waals surface area contributed by atoms with Gasteiger partial charge in [-0.05, 0) is 55.8 Å². The Morgan fingerprint density at radius 1 is 1.04 bits per heavy atom. The van der Waals surface area contributed by atoms with Gasteiger partial charge in [0, 0.05) is 12.6 Å². The van der Waals surface area contributed by atoms with E-state index in [1.807, 2.05) is 19.1 Å². The lowest BCUT2D eigenvalue weighted by Gasteiger charge is -2.16. The SMILES string of the molecule is COc1ccc(C)cc1NC(=O)[C@H](C)Oc1ccc(NC(C)=O)cc1. The maximum atomic E-state index is 12.4. The fourth-order valence-electron chi connectivity index (χ4n) is 2.23. The summed E-state index contributed by atoms with van der Waals surface area (Å²) in [5, 5.41) is 5.48. The quantitative estimate of drug-likeness (QED) is 0.844. The number of amides is 2. The summed E-state index contributed by atoms with van der Waals surface area (Å²) < 4.78 is 10.9. The summed E-state index contributed by atoms with van der Waals surface area (Å²) in [5.41, 5.74) is 2.28. The van der Waals surface area contributed by atoms with Crippen LogP contribution in [-0.4, -0.2) is 25.0 Å². The Balaban J connectivity index is 2.00. The fourth-order valence-corrected chi connectivity index (χ4v) is 2.23. The summed E-state index contributed by atoms with van der Waals surface area (Å²) >= 11 is 0. The van der Waals surface area contributed by atoms with Gasteiger partial charge in [-0.2, -0.15) is 0 Å². The molecule has 132 valence electrons. The molecule has 0 aliphatic heterocycles. The molecule has 0 spiro atoms. The Morgan fingerprint density at radius 2 is 1.72 bits per heavy atom. The molecule has 0 radical (unpaired) electrons. The van der Waals surface area contributed by atoms with Crippen LogP contribution >= 0.6 is 0 Å². The Hall–Kier alpha value is -3.02. The van der Waals surface area contributed by atoms with Gasteiger partial charge in [-0.15, -0.1) is 0 Å². The van der Waals surface area contributed by atoms with Crippen LogP contribution in [-0.2, 0) is 9.59 Å². The average molecular weight is 342 g/mol. The molecule has 0 bridgehead atoms. The van der Waals surface area contributed by atoms with Gasteiger partial charge in [0.1, 0.15) is 11.5 Å². The van der Waals surface area contributed by atoms with E-state index in [-0.39, 0.29) is 11.8 Å². The highest BCUT2D eigenvalue weighted by Gasteiger charge is 2.17. The lowest BCUT2D eigenvalue weighted by Crippen LogP contribution is -2.30. The molecule has 2 N–H and O–H groups in total. The minimum Gasteiger partial charge on any atom is -0.495 e. The average Bonchev–Trinajstić information content (AvgIpc) is 2.56. The maximum Gasteiger partial charge on any atom is 0.265 e. The van der Waals surface area contributed by atoms with Crippen molar-refractivity contribution in [3.8, 4) is 11.5 Å². The molecule has 2 rings (SSSR count). The molecule has 2 aromatic rings. The minimum absolute atomic E-state index is 0.145. The molecule has 25 heavy (non-hydrogen) atoms. The third kappa shape index (κ3) is 5.24. The van der Waals surface area contributed by atoms with Crippen LogP contribution in [0.25, 0.3) is 0 Å². The highest BCUT2D eigenvalue weighted by atomic mass is 16.5. The number of ether oxygens (including phenoxy) is 2. The predicted molar refractivity (Wildman–Crippen MR) is 97.2 cm³/mol. The first-order valence-electron chi connectivity index (χ1n) is 7.89. The minimum atomic E-state index is -0.697. The zero-order valence-corrected chi connectivity index (χ0v) is 14.8.